The third-order valence-electron chi connectivity index (χ3n) is 6.22. The maximum absolute atomic E-state index is 13.1. The van der Waals surface area contributed by atoms with Crippen LogP contribution in [-0.4, -0.2) is 52.8 Å². The van der Waals surface area contributed by atoms with E-state index in [-0.39, 0.29) is 11.3 Å². The summed E-state index contributed by atoms with van der Waals surface area (Å²) in [6.07, 6.45) is 5.32. The first-order valence-electron chi connectivity index (χ1n) is 9.57. The van der Waals surface area contributed by atoms with Crippen molar-refractivity contribution in [1.82, 2.24) is 14.8 Å². The normalized spacial score (nSPS) is 26.2. The average Bonchev–Trinajstić information content (AvgIpc) is 3.18. The Bertz CT molecular complexity index is 875. The van der Waals surface area contributed by atoms with E-state index in [2.05, 4.69) is 9.88 Å². The van der Waals surface area contributed by atoms with E-state index in [0.717, 1.165) is 48.5 Å². The zero-order chi connectivity index (χ0) is 17.7. The molecule has 1 spiro atoms. The van der Waals surface area contributed by atoms with Gasteiger partial charge >= 0.3 is 0 Å². The molecule has 136 valence electrons. The zero-order valence-electron chi connectivity index (χ0n) is 14.8. The molecular formula is C20H23N3O2S. The third-order valence-corrected chi connectivity index (χ3v) is 7.01. The fraction of sp³-hybridized carbons (Fsp3) is 0.550. The van der Waals surface area contributed by atoms with Gasteiger partial charge in [0.05, 0.1) is 21.1 Å². The Hall–Kier alpha value is -1.95. The van der Waals surface area contributed by atoms with E-state index in [1.165, 1.54) is 12.8 Å². The minimum Gasteiger partial charge on any atom is -0.342 e. The van der Waals surface area contributed by atoms with Gasteiger partial charge in [0, 0.05) is 31.7 Å². The molecule has 1 saturated carbocycles. The van der Waals surface area contributed by atoms with Gasteiger partial charge in [0.2, 0.25) is 5.91 Å². The molecule has 0 radical (unpaired) electrons. The number of amides is 2. The van der Waals surface area contributed by atoms with Crippen LogP contribution in [0.2, 0.25) is 0 Å². The number of benzene rings is 1. The van der Waals surface area contributed by atoms with Gasteiger partial charge in [-0.3, -0.25) is 9.59 Å². The molecule has 1 aromatic carbocycles. The minimum absolute atomic E-state index is 0.0456. The number of rotatable bonds is 3. The van der Waals surface area contributed by atoms with E-state index in [4.69, 9.17) is 0 Å². The number of hydrogen-bond donors (Lipinski definition) is 0. The largest absolute Gasteiger partial charge is 0.342 e. The first-order chi connectivity index (χ1) is 12.6. The maximum atomic E-state index is 13.1. The van der Waals surface area contributed by atoms with Crippen LogP contribution in [0.3, 0.4) is 0 Å². The Morgan fingerprint density at radius 1 is 1.27 bits per heavy atom. The van der Waals surface area contributed by atoms with Gasteiger partial charge in [-0.1, -0.05) is 0 Å². The predicted octanol–water partition coefficient (Wildman–Crippen LogP) is 3.16. The molecule has 3 heterocycles. The van der Waals surface area contributed by atoms with E-state index < -0.39 is 0 Å². The molecule has 2 amide bonds. The summed E-state index contributed by atoms with van der Waals surface area (Å²) in [4.78, 5) is 34.4. The molecule has 2 saturated heterocycles. The zero-order valence-corrected chi connectivity index (χ0v) is 15.6. The van der Waals surface area contributed by atoms with Crippen LogP contribution in [-0.2, 0) is 4.79 Å². The Morgan fingerprint density at radius 2 is 2.15 bits per heavy atom. The van der Waals surface area contributed by atoms with Crippen molar-refractivity contribution >= 4 is 33.4 Å². The van der Waals surface area contributed by atoms with E-state index >= 15 is 0 Å². The standard InChI is InChI=1S/C20H23N3O2S/c24-18(15-4-5-16-17(10-15)26-13-21-16)23-9-7-20(12-23)6-1-8-22(19(20)25)11-14-2-3-14/h4-5,10,13-14H,1-3,6-9,11-12H2/t20-/m1/s1. The highest BCUT2D eigenvalue weighted by Crippen LogP contribution is 2.42. The van der Waals surface area contributed by atoms with Crippen LogP contribution in [0.5, 0.6) is 0 Å². The third kappa shape index (κ3) is 2.71. The van der Waals surface area contributed by atoms with Gasteiger partial charge in [-0.2, -0.15) is 0 Å². The van der Waals surface area contributed by atoms with Crippen molar-refractivity contribution < 1.29 is 9.59 Å². The lowest BCUT2D eigenvalue weighted by Crippen LogP contribution is -2.50. The monoisotopic (exact) mass is 369 g/mol. The second-order valence-corrected chi connectivity index (χ2v) is 8.98. The smallest absolute Gasteiger partial charge is 0.253 e. The van der Waals surface area contributed by atoms with Crippen molar-refractivity contribution in [2.24, 2.45) is 11.3 Å². The van der Waals surface area contributed by atoms with Crippen LogP contribution in [0.4, 0.5) is 0 Å². The number of carbonyl (C=O) groups is 2. The van der Waals surface area contributed by atoms with Crippen LogP contribution < -0.4 is 0 Å². The highest BCUT2D eigenvalue weighted by molar-refractivity contribution is 7.16. The van der Waals surface area contributed by atoms with Crippen LogP contribution in [0.1, 0.15) is 42.5 Å². The van der Waals surface area contributed by atoms with E-state index in [0.29, 0.717) is 24.6 Å². The SMILES string of the molecule is O=C(c1ccc2ncsc2c1)N1CC[C@]2(CCCN(CC3CC3)C2=O)C1. The molecule has 0 bridgehead atoms. The Balaban J connectivity index is 1.33. The highest BCUT2D eigenvalue weighted by Gasteiger charge is 2.50. The number of thiazole rings is 1. The molecule has 1 atom stereocenters. The minimum atomic E-state index is -0.336. The van der Waals surface area contributed by atoms with Gasteiger partial charge in [0.15, 0.2) is 0 Å². The summed E-state index contributed by atoms with van der Waals surface area (Å²) in [5.74, 6) is 1.06. The second-order valence-electron chi connectivity index (χ2n) is 8.09. The summed E-state index contributed by atoms with van der Waals surface area (Å²) in [5.41, 5.74) is 3.11. The Labute approximate surface area is 157 Å². The molecule has 2 aromatic rings. The van der Waals surface area contributed by atoms with E-state index in [1.807, 2.05) is 23.1 Å². The lowest BCUT2D eigenvalue weighted by Gasteiger charge is -2.39. The van der Waals surface area contributed by atoms with Crippen molar-refractivity contribution in [3.05, 3.63) is 29.3 Å². The van der Waals surface area contributed by atoms with Crippen molar-refractivity contribution in [1.29, 1.82) is 0 Å². The fourth-order valence-electron chi connectivity index (χ4n) is 4.53. The highest BCUT2D eigenvalue weighted by atomic mass is 32.1. The molecule has 0 N–H and O–H groups in total. The first kappa shape index (κ1) is 16.2. The van der Waals surface area contributed by atoms with Crippen molar-refractivity contribution in [2.75, 3.05) is 26.2 Å². The van der Waals surface area contributed by atoms with Gasteiger partial charge in [0.25, 0.3) is 5.91 Å². The number of fused-ring (bicyclic) bond motifs is 1. The summed E-state index contributed by atoms with van der Waals surface area (Å²) in [5, 5.41) is 0. The Morgan fingerprint density at radius 3 is 3.00 bits per heavy atom. The van der Waals surface area contributed by atoms with E-state index in [1.54, 1.807) is 16.8 Å². The molecule has 0 unspecified atom stereocenters. The predicted molar refractivity (Wildman–Crippen MR) is 101 cm³/mol. The second kappa shape index (κ2) is 6.05. The van der Waals surface area contributed by atoms with Gasteiger partial charge in [-0.05, 0) is 56.2 Å². The molecule has 3 fully saturated rings. The number of carbonyl (C=O) groups excluding carboxylic acids is 2. The molecular weight excluding hydrogens is 346 g/mol. The topological polar surface area (TPSA) is 53.5 Å². The van der Waals surface area contributed by atoms with Crippen molar-refractivity contribution in [3.8, 4) is 0 Å². The summed E-state index contributed by atoms with van der Waals surface area (Å²) in [6, 6.07) is 5.70. The number of piperidine rings is 1. The van der Waals surface area contributed by atoms with Crippen molar-refractivity contribution in [2.45, 2.75) is 32.1 Å². The first-order valence-corrected chi connectivity index (χ1v) is 10.4. The molecule has 5 rings (SSSR count). The molecule has 6 heteroatoms. The lowest BCUT2D eigenvalue weighted by atomic mass is 9.78. The summed E-state index contributed by atoms with van der Waals surface area (Å²) >= 11 is 1.55. The summed E-state index contributed by atoms with van der Waals surface area (Å²) < 4.78 is 1.04. The van der Waals surface area contributed by atoms with Crippen LogP contribution >= 0.6 is 11.3 Å². The molecule has 3 aliphatic rings. The van der Waals surface area contributed by atoms with Crippen LogP contribution in [0.15, 0.2) is 23.7 Å². The van der Waals surface area contributed by atoms with E-state index in [9.17, 15) is 9.59 Å². The number of aromatic nitrogens is 1. The molecule has 1 aromatic heterocycles. The number of nitrogens with zero attached hydrogens (tertiary/aromatic N) is 3. The van der Waals surface area contributed by atoms with Gasteiger partial charge in [-0.15, -0.1) is 11.3 Å². The van der Waals surface area contributed by atoms with Crippen LogP contribution in [0, 0.1) is 11.3 Å². The molecule has 2 aliphatic heterocycles. The average molecular weight is 369 g/mol. The summed E-state index contributed by atoms with van der Waals surface area (Å²) in [7, 11) is 0. The van der Waals surface area contributed by atoms with Crippen molar-refractivity contribution in [3.63, 3.8) is 0 Å². The quantitative estimate of drug-likeness (QED) is 0.835. The number of likely N-dealkylation sites (tertiary alicyclic amines) is 2. The molecule has 1 aliphatic carbocycles. The van der Waals surface area contributed by atoms with Gasteiger partial charge in [-0.25, -0.2) is 4.98 Å². The van der Waals surface area contributed by atoms with Crippen LogP contribution in [0.25, 0.3) is 10.2 Å². The maximum Gasteiger partial charge on any atom is 0.253 e. The molecule has 5 nitrogen and oxygen atoms in total. The fourth-order valence-corrected chi connectivity index (χ4v) is 5.25. The number of hydrogen-bond acceptors (Lipinski definition) is 4. The van der Waals surface area contributed by atoms with Gasteiger partial charge in [0.1, 0.15) is 0 Å². The lowest BCUT2D eigenvalue weighted by molar-refractivity contribution is -0.145. The Kier molecular flexibility index (Phi) is 3.78. The molecule has 26 heavy (non-hydrogen) atoms. The summed E-state index contributed by atoms with van der Waals surface area (Å²) in [6.45, 7) is 3.08. The van der Waals surface area contributed by atoms with Gasteiger partial charge < -0.3 is 9.80 Å².